The minimum absolute atomic E-state index is 0.0415. The van der Waals surface area contributed by atoms with Gasteiger partial charge in [0.15, 0.2) is 5.15 Å². The molecule has 1 atom stereocenters. The van der Waals surface area contributed by atoms with Gasteiger partial charge in [0.05, 0.1) is 11.3 Å². The van der Waals surface area contributed by atoms with Crippen molar-refractivity contribution in [2.24, 2.45) is 5.92 Å². The molecule has 0 aromatic carbocycles. The largest absolute Gasteiger partial charge is 0.388 e. The fourth-order valence-electron chi connectivity index (χ4n) is 1.11. The number of amides is 2. The number of carbonyl (C=O) groups excluding carboxylic acids is 1. The Kier molecular flexibility index (Phi) is 4.93. The predicted octanol–water partition coefficient (Wildman–Crippen LogP) is 2.26. The Morgan fingerprint density at radius 2 is 2.28 bits per heavy atom. The van der Waals surface area contributed by atoms with Crippen LogP contribution in [-0.4, -0.2) is 28.3 Å². The summed E-state index contributed by atoms with van der Waals surface area (Å²) in [6.45, 7) is 5.61. The zero-order valence-electron chi connectivity index (χ0n) is 10.7. The van der Waals surface area contributed by atoms with Gasteiger partial charge in [-0.05, 0) is 25.0 Å². The molecule has 0 aliphatic heterocycles. The standard InChI is InChI=1S/C12H18ClN3O2/c1-8(2)12(3,18)7-15-11(17)16-9-5-4-6-14-10(9)13/h4-6,8,18H,7H2,1-3H3,(H2,15,16,17). The molecule has 1 aromatic rings. The first-order valence-corrected chi connectivity index (χ1v) is 6.08. The monoisotopic (exact) mass is 271 g/mol. The smallest absolute Gasteiger partial charge is 0.319 e. The molecule has 0 saturated carbocycles. The second-order valence-electron chi connectivity index (χ2n) is 4.66. The van der Waals surface area contributed by atoms with E-state index in [2.05, 4.69) is 15.6 Å². The Morgan fingerprint density at radius 3 is 2.83 bits per heavy atom. The minimum atomic E-state index is -0.948. The molecule has 0 fully saturated rings. The molecule has 0 spiro atoms. The lowest BCUT2D eigenvalue weighted by Crippen LogP contribution is -2.45. The van der Waals surface area contributed by atoms with Crippen LogP contribution in [0.2, 0.25) is 5.15 Å². The Bertz CT molecular complexity index is 422. The van der Waals surface area contributed by atoms with Crippen molar-refractivity contribution in [2.75, 3.05) is 11.9 Å². The highest BCUT2D eigenvalue weighted by atomic mass is 35.5. The molecule has 0 aliphatic rings. The number of hydrogen-bond donors (Lipinski definition) is 3. The molecule has 1 heterocycles. The number of nitrogens with one attached hydrogen (secondary N) is 2. The van der Waals surface area contributed by atoms with Gasteiger partial charge in [0.25, 0.3) is 0 Å². The van der Waals surface area contributed by atoms with Crippen LogP contribution in [0.15, 0.2) is 18.3 Å². The first-order valence-electron chi connectivity index (χ1n) is 5.70. The Hall–Kier alpha value is -1.33. The molecular formula is C12H18ClN3O2. The summed E-state index contributed by atoms with van der Waals surface area (Å²) in [7, 11) is 0. The Morgan fingerprint density at radius 1 is 1.61 bits per heavy atom. The van der Waals surface area contributed by atoms with Gasteiger partial charge in [-0.25, -0.2) is 9.78 Å². The van der Waals surface area contributed by atoms with Crippen LogP contribution in [0.4, 0.5) is 10.5 Å². The molecule has 6 heteroatoms. The quantitative estimate of drug-likeness (QED) is 0.736. The maximum absolute atomic E-state index is 11.6. The van der Waals surface area contributed by atoms with Crippen molar-refractivity contribution in [1.82, 2.24) is 10.3 Å². The molecule has 0 bridgehead atoms. The predicted molar refractivity (Wildman–Crippen MR) is 71.7 cm³/mol. The first kappa shape index (κ1) is 14.7. The van der Waals surface area contributed by atoms with Gasteiger partial charge in [-0.3, -0.25) is 0 Å². The number of carbonyl (C=O) groups is 1. The topological polar surface area (TPSA) is 74.2 Å². The van der Waals surface area contributed by atoms with Crippen LogP contribution in [0.3, 0.4) is 0 Å². The van der Waals surface area contributed by atoms with Gasteiger partial charge in [-0.2, -0.15) is 0 Å². The van der Waals surface area contributed by atoms with Crippen LogP contribution in [0.5, 0.6) is 0 Å². The van der Waals surface area contributed by atoms with Crippen LogP contribution >= 0.6 is 11.6 Å². The number of hydrogen-bond acceptors (Lipinski definition) is 3. The third-order valence-corrected chi connectivity index (χ3v) is 3.16. The van der Waals surface area contributed by atoms with Gasteiger partial charge in [0.2, 0.25) is 0 Å². The lowest BCUT2D eigenvalue weighted by Gasteiger charge is -2.27. The molecule has 0 radical (unpaired) electrons. The highest BCUT2D eigenvalue weighted by molar-refractivity contribution is 6.32. The van der Waals surface area contributed by atoms with Crippen molar-refractivity contribution in [3.05, 3.63) is 23.5 Å². The number of rotatable bonds is 4. The summed E-state index contributed by atoms with van der Waals surface area (Å²) < 4.78 is 0. The molecule has 2 amide bonds. The van der Waals surface area contributed by atoms with E-state index >= 15 is 0 Å². The average molecular weight is 272 g/mol. The molecule has 1 aromatic heterocycles. The first-order chi connectivity index (χ1) is 8.33. The van der Waals surface area contributed by atoms with Gasteiger partial charge >= 0.3 is 6.03 Å². The van der Waals surface area contributed by atoms with Crippen molar-refractivity contribution >= 4 is 23.3 Å². The summed E-state index contributed by atoms with van der Waals surface area (Å²) in [5.74, 6) is 0.0415. The maximum atomic E-state index is 11.6. The minimum Gasteiger partial charge on any atom is -0.388 e. The van der Waals surface area contributed by atoms with E-state index in [0.29, 0.717) is 5.69 Å². The third-order valence-electron chi connectivity index (χ3n) is 2.86. The number of urea groups is 1. The van der Waals surface area contributed by atoms with E-state index < -0.39 is 11.6 Å². The van der Waals surface area contributed by atoms with E-state index in [4.69, 9.17) is 11.6 Å². The van der Waals surface area contributed by atoms with E-state index in [1.165, 1.54) is 6.20 Å². The number of halogens is 1. The fraction of sp³-hybridized carbons (Fsp3) is 0.500. The van der Waals surface area contributed by atoms with E-state index in [1.54, 1.807) is 19.1 Å². The van der Waals surface area contributed by atoms with E-state index in [1.807, 2.05) is 13.8 Å². The van der Waals surface area contributed by atoms with Crippen LogP contribution < -0.4 is 10.6 Å². The van der Waals surface area contributed by atoms with Crippen molar-refractivity contribution in [1.29, 1.82) is 0 Å². The van der Waals surface area contributed by atoms with E-state index in [9.17, 15) is 9.90 Å². The second-order valence-corrected chi connectivity index (χ2v) is 5.02. The number of pyridine rings is 1. The van der Waals surface area contributed by atoms with Crippen molar-refractivity contribution in [3.8, 4) is 0 Å². The molecule has 3 N–H and O–H groups in total. The molecule has 1 unspecified atom stereocenters. The van der Waals surface area contributed by atoms with Crippen molar-refractivity contribution in [2.45, 2.75) is 26.4 Å². The molecule has 0 saturated heterocycles. The lowest BCUT2D eigenvalue weighted by molar-refractivity contribution is 0.0170. The summed E-state index contributed by atoms with van der Waals surface area (Å²) in [5.41, 5.74) is -0.517. The number of aromatic nitrogens is 1. The highest BCUT2D eigenvalue weighted by Gasteiger charge is 2.25. The number of nitrogens with zero attached hydrogens (tertiary/aromatic N) is 1. The van der Waals surface area contributed by atoms with Crippen LogP contribution in [0.25, 0.3) is 0 Å². The van der Waals surface area contributed by atoms with Gasteiger partial charge in [-0.1, -0.05) is 25.4 Å². The fourth-order valence-corrected chi connectivity index (χ4v) is 1.28. The summed E-state index contributed by atoms with van der Waals surface area (Å²) in [5, 5.41) is 15.4. The zero-order chi connectivity index (χ0) is 13.8. The van der Waals surface area contributed by atoms with Crippen LogP contribution in [0.1, 0.15) is 20.8 Å². The SMILES string of the molecule is CC(C)C(C)(O)CNC(=O)Nc1cccnc1Cl. The molecule has 100 valence electrons. The van der Waals surface area contributed by atoms with Gasteiger partial charge in [-0.15, -0.1) is 0 Å². The number of aliphatic hydroxyl groups is 1. The van der Waals surface area contributed by atoms with Crippen LogP contribution in [0, 0.1) is 5.92 Å². The average Bonchev–Trinajstić information content (AvgIpc) is 2.29. The van der Waals surface area contributed by atoms with Crippen LogP contribution in [-0.2, 0) is 0 Å². The lowest BCUT2D eigenvalue weighted by atomic mass is 9.93. The Labute approximate surface area is 112 Å². The van der Waals surface area contributed by atoms with Crippen molar-refractivity contribution in [3.63, 3.8) is 0 Å². The highest BCUT2D eigenvalue weighted by Crippen LogP contribution is 2.17. The molecule has 5 nitrogen and oxygen atoms in total. The number of anilines is 1. The van der Waals surface area contributed by atoms with Gasteiger partial charge in [0.1, 0.15) is 0 Å². The van der Waals surface area contributed by atoms with Crippen molar-refractivity contribution < 1.29 is 9.90 Å². The maximum Gasteiger partial charge on any atom is 0.319 e. The second kappa shape index (κ2) is 6.02. The molecule has 1 rings (SSSR count). The van der Waals surface area contributed by atoms with Gasteiger partial charge in [0, 0.05) is 12.7 Å². The Balaban J connectivity index is 2.51. The summed E-state index contributed by atoms with van der Waals surface area (Å²) >= 11 is 5.81. The zero-order valence-corrected chi connectivity index (χ0v) is 11.5. The normalized spacial score (nSPS) is 14.1. The van der Waals surface area contributed by atoms with E-state index in [-0.39, 0.29) is 17.6 Å². The summed E-state index contributed by atoms with van der Waals surface area (Å²) in [6.07, 6.45) is 1.54. The molecule has 18 heavy (non-hydrogen) atoms. The summed E-state index contributed by atoms with van der Waals surface area (Å²) in [4.78, 5) is 15.5. The molecule has 0 aliphatic carbocycles. The van der Waals surface area contributed by atoms with Gasteiger partial charge < -0.3 is 15.7 Å². The third kappa shape index (κ3) is 4.16. The van der Waals surface area contributed by atoms with E-state index in [0.717, 1.165) is 0 Å². The summed E-state index contributed by atoms with van der Waals surface area (Å²) in [6, 6.07) is 2.90. The molecular weight excluding hydrogens is 254 g/mol.